The molecule has 3 aromatic heterocycles. The number of alkyl halides is 4. The summed E-state index contributed by atoms with van der Waals surface area (Å²) in [6.07, 6.45) is 1.97. The SMILES string of the molecule is CC(C)n1nccc1C(=O)N[C@H](c1cn2ncc([C@@H](O)NC(=O)CC3CC(F)(F)C3)cc2n1)C1CCC(F)(F)CC1. The number of halogens is 4. The number of carbonyl (C=O) groups excluding carboxylic acids is 2. The van der Waals surface area contributed by atoms with Gasteiger partial charge in [0.1, 0.15) is 5.69 Å². The van der Waals surface area contributed by atoms with Crippen molar-refractivity contribution in [2.75, 3.05) is 0 Å². The number of amides is 2. The zero-order valence-corrected chi connectivity index (χ0v) is 22.7. The highest BCUT2D eigenvalue weighted by molar-refractivity contribution is 5.92. The Morgan fingerprint density at radius 1 is 1.10 bits per heavy atom. The number of hydrogen-bond acceptors (Lipinski definition) is 6. The molecule has 0 bridgehead atoms. The molecule has 14 heteroatoms. The minimum Gasteiger partial charge on any atom is -0.369 e. The molecule has 0 radical (unpaired) electrons. The van der Waals surface area contributed by atoms with Crippen LogP contribution in [0.1, 0.15) is 98.9 Å². The molecule has 3 heterocycles. The van der Waals surface area contributed by atoms with Gasteiger partial charge in [-0.05, 0) is 50.7 Å². The van der Waals surface area contributed by atoms with Crippen molar-refractivity contribution in [3.63, 3.8) is 0 Å². The smallest absolute Gasteiger partial charge is 0.270 e. The number of aliphatic hydroxyl groups excluding tert-OH is 1. The molecular formula is C27H33F4N7O3. The van der Waals surface area contributed by atoms with Crippen LogP contribution < -0.4 is 10.6 Å². The molecular weight excluding hydrogens is 546 g/mol. The van der Waals surface area contributed by atoms with E-state index in [0.29, 0.717) is 17.0 Å². The summed E-state index contributed by atoms with van der Waals surface area (Å²) in [6.45, 7) is 3.77. The van der Waals surface area contributed by atoms with Gasteiger partial charge in [0.05, 0.1) is 24.1 Å². The van der Waals surface area contributed by atoms with E-state index in [1.807, 2.05) is 13.8 Å². The molecule has 3 aromatic rings. The number of aliphatic hydroxyl groups is 1. The molecule has 2 fully saturated rings. The molecule has 2 aliphatic carbocycles. The van der Waals surface area contributed by atoms with Crippen LogP contribution in [0.2, 0.25) is 0 Å². The minimum absolute atomic E-state index is 0.0723. The van der Waals surface area contributed by atoms with E-state index in [1.54, 1.807) is 16.9 Å². The standard InChI is InChI=1S/C27H33F4N7O3/c1-15(2)38-20(5-8-32-38)25(41)36-23(17-3-6-26(28,29)7-4-17)19-14-37-21(34-19)10-18(13-33-37)24(40)35-22(39)9-16-11-27(30,31)12-16/h5,8,10,13-17,23-24,40H,3-4,6-7,9,11-12H2,1-2H3,(H,35,39)(H,36,41)/t23-,24+/m0/s1. The molecule has 2 saturated carbocycles. The summed E-state index contributed by atoms with van der Waals surface area (Å²) in [5.74, 6) is -7.19. The first kappa shape index (κ1) is 29.0. The van der Waals surface area contributed by atoms with Gasteiger partial charge in [-0.25, -0.2) is 27.1 Å². The van der Waals surface area contributed by atoms with Crippen molar-refractivity contribution >= 4 is 17.5 Å². The fourth-order valence-electron chi connectivity index (χ4n) is 5.65. The summed E-state index contributed by atoms with van der Waals surface area (Å²) < 4.78 is 57.0. The largest absolute Gasteiger partial charge is 0.369 e. The Kier molecular flexibility index (Phi) is 7.79. The second-order valence-corrected chi connectivity index (χ2v) is 11.5. The van der Waals surface area contributed by atoms with Gasteiger partial charge in [0.15, 0.2) is 11.9 Å². The number of hydrogen-bond donors (Lipinski definition) is 3. The van der Waals surface area contributed by atoms with E-state index in [2.05, 4.69) is 25.8 Å². The Labute approximate surface area is 233 Å². The Morgan fingerprint density at radius 2 is 1.80 bits per heavy atom. The number of nitrogens with one attached hydrogen (secondary N) is 2. The molecule has 2 atom stereocenters. The lowest BCUT2D eigenvalue weighted by molar-refractivity contribution is -0.136. The quantitative estimate of drug-likeness (QED) is 0.256. The van der Waals surface area contributed by atoms with Crippen LogP contribution in [0.3, 0.4) is 0 Å². The average molecular weight is 580 g/mol. The van der Waals surface area contributed by atoms with Gasteiger partial charge in [-0.2, -0.15) is 10.2 Å². The van der Waals surface area contributed by atoms with Crippen LogP contribution >= 0.6 is 0 Å². The lowest BCUT2D eigenvalue weighted by Gasteiger charge is -2.34. The molecule has 10 nitrogen and oxygen atoms in total. The predicted molar refractivity (Wildman–Crippen MR) is 138 cm³/mol. The van der Waals surface area contributed by atoms with Crippen LogP contribution in [0.25, 0.3) is 5.65 Å². The first-order valence-corrected chi connectivity index (χ1v) is 13.7. The van der Waals surface area contributed by atoms with E-state index in [0.717, 1.165) is 0 Å². The highest BCUT2D eigenvalue weighted by atomic mass is 19.3. The van der Waals surface area contributed by atoms with E-state index < -0.39 is 41.8 Å². The van der Waals surface area contributed by atoms with Crippen LogP contribution in [0.15, 0.2) is 30.7 Å². The number of carbonyl (C=O) groups is 2. The van der Waals surface area contributed by atoms with Gasteiger partial charge in [0.25, 0.3) is 5.91 Å². The van der Waals surface area contributed by atoms with Crippen molar-refractivity contribution in [1.82, 2.24) is 35.0 Å². The summed E-state index contributed by atoms with van der Waals surface area (Å²) in [5, 5.41) is 24.3. The third-order valence-corrected chi connectivity index (χ3v) is 7.85. The Morgan fingerprint density at radius 3 is 2.46 bits per heavy atom. The van der Waals surface area contributed by atoms with Gasteiger partial charge in [0, 0.05) is 49.9 Å². The summed E-state index contributed by atoms with van der Waals surface area (Å²) in [7, 11) is 0. The first-order chi connectivity index (χ1) is 19.3. The molecule has 5 rings (SSSR count). The van der Waals surface area contributed by atoms with E-state index in [-0.39, 0.29) is 62.5 Å². The zero-order chi connectivity index (χ0) is 29.5. The van der Waals surface area contributed by atoms with Gasteiger partial charge >= 0.3 is 0 Å². The Bertz CT molecular complexity index is 1400. The third kappa shape index (κ3) is 6.52. The van der Waals surface area contributed by atoms with E-state index in [9.17, 15) is 32.3 Å². The normalized spacial score (nSPS) is 20.5. The summed E-state index contributed by atoms with van der Waals surface area (Å²) >= 11 is 0. The van der Waals surface area contributed by atoms with E-state index in [4.69, 9.17) is 0 Å². The fourth-order valence-corrected chi connectivity index (χ4v) is 5.65. The lowest BCUT2D eigenvalue weighted by atomic mass is 9.79. The third-order valence-electron chi connectivity index (χ3n) is 7.85. The number of aromatic nitrogens is 5. The molecule has 0 aromatic carbocycles. The fraction of sp³-hybridized carbons (Fsp3) is 0.593. The second kappa shape index (κ2) is 11.0. The highest BCUT2D eigenvalue weighted by Gasteiger charge is 2.46. The van der Waals surface area contributed by atoms with Crippen LogP contribution in [0, 0.1) is 11.8 Å². The Hall–Kier alpha value is -3.55. The van der Waals surface area contributed by atoms with Crippen LogP contribution in [0.5, 0.6) is 0 Å². The first-order valence-electron chi connectivity index (χ1n) is 13.7. The topological polar surface area (TPSA) is 126 Å². The highest BCUT2D eigenvalue weighted by Crippen LogP contribution is 2.44. The van der Waals surface area contributed by atoms with E-state index >= 15 is 0 Å². The van der Waals surface area contributed by atoms with Crippen molar-refractivity contribution < 1.29 is 32.3 Å². The van der Waals surface area contributed by atoms with Crippen molar-refractivity contribution in [3.05, 3.63) is 47.7 Å². The molecule has 222 valence electrons. The lowest BCUT2D eigenvalue weighted by Crippen LogP contribution is -2.39. The van der Waals surface area contributed by atoms with Gasteiger partial charge < -0.3 is 15.7 Å². The molecule has 0 saturated heterocycles. The summed E-state index contributed by atoms with van der Waals surface area (Å²) in [6, 6.07) is 2.33. The van der Waals surface area contributed by atoms with Crippen molar-refractivity contribution in [1.29, 1.82) is 0 Å². The molecule has 3 N–H and O–H groups in total. The van der Waals surface area contributed by atoms with Gasteiger partial charge in [-0.1, -0.05) is 0 Å². The number of nitrogens with zero attached hydrogens (tertiary/aromatic N) is 5. The van der Waals surface area contributed by atoms with Crippen LogP contribution in [-0.4, -0.2) is 53.1 Å². The summed E-state index contributed by atoms with van der Waals surface area (Å²) in [4.78, 5) is 30.1. The number of fused-ring (bicyclic) bond motifs is 1. The maximum Gasteiger partial charge on any atom is 0.270 e. The number of imidazole rings is 1. The Balaban J connectivity index is 1.34. The number of rotatable bonds is 9. The van der Waals surface area contributed by atoms with Crippen LogP contribution in [0.4, 0.5) is 17.6 Å². The van der Waals surface area contributed by atoms with Crippen molar-refractivity contribution in [2.45, 2.75) is 88.9 Å². The maximum atomic E-state index is 14.0. The van der Waals surface area contributed by atoms with Gasteiger partial charge in [0.2, 0.25) is 17.8 Å². The molecule has 0 spiro atoms. The summed E-state index contributed by atoms with van der Waals surface area (Å²) in [5.41, 5.74) is 1.27. The van der Waals surface area contributed by atoms with Crippen LogP contribution in [-0.2, 0) is 4.79 Å². The molecule has 0 aliphatic heterocycles. The van der Waals surface area contributed by atoms with Gasteiger partial charge in [-0.15, -0.1) is 0 Å². The maximum absolute atomic E-state index is 14.0. The molecule has 2 amide bonds. The molecule has 41 heavy (non-hydrogen) atoms. The minimum atomic E-state index is -2.75. The van der Waals surface area contributed by atoms with Gasteiger partial charge in [-0.3, -0.25) is 14.3 Å². The zero-order valence-electron chi connectivity index (χ0n) is 22.7. The molecule has 0 unspecified atom stereocenters. The monoisotopic (exact) mass is 579 g/mol. The van der Waals surface area contributed by atoms with E-state index in [1.165, 1.54) is 23.0 Å². The molecule has 2 aliphatic rings. The predicted octanol–water partition coefficient (Wildman–Crippen LogP) is 4.35. The van der Waals surface area contributed by atoms with Crippen molar-refractivity contribution in [2.24, 2.45) is 11.8 Å². The van der Waals surface area contributed by atoms with Crippen molar-refractivity contribution in [3.8, 4) is 0 Å². The average Bonchev–Trinajstić information content (AvgIpc) is 3.53. The second-order valence-electron chi connectivity index (χ2n) is 11.5.